The van der Waals surface area contributed by atoms with Crippen LogP contribution in [0.3, 0.4) is 0 Å². The number of anilines is 3. The van der Waals surface area contributed by atoms with Gasteiger partial charge < -0.3 is 4.90 Å². The molecule has 0 atom stereocenters. The Morgan fingerprint density at radius 1 is 0.458 bits per heavy atom. The molecule has 8 rings (SSSR count). The minimum atomic E-state index is -0.105. The van der Waals surface area contributed by atoms with Gasteiger partial charge in [0.15, 0.2) is 0 Å². The van der Waals surface area contributed by atoms with E-state index in [1.807, 2.05) is 0 Å². The Labute approximate surface area is 285 Å². The first-order valence-corrected chi connectivity index (χ1v) is 17.0. The maximum atomic E-state index is 2.49. The van der Waals surface area contributed by atoms with Gasteiger partial charge in [-0.05, 0) is 67.9 Å². The second-order valence-electron chi connectivity index (χ2n) is 14.6. The Hall–Kier alpha value is -5.40. The summed E-state index contributed by atoms with van der Waals surface area (Å²) in [6.07, 6.45) is 0. The van der Waals surface area contributed by atoms with E-state index in [0.717, 1.165) is 17.1 Å². The standard InChI is InChI=1S/C47H41N/c1-46(2,3)34-29-30-39-41(31-34)47(4,5)40-25-16-24-38(45(39)40)37-23-12-14-27-44(37)48(43-28-15-20-33-19-9-10-21-36(33)43)42-26-13-11-22-35(42)32-17-7-6-8-18-32/h6-31H,1-5H3. The lowest BCUT2D eigenvalue weighted by Crippen LogP contribution is -2.17. The lowest BCUT2D eigenvalue weighted by molar-refractivity contribution is 0.584. The van der Waals surface area contributed by atoms with Crippen LogP contribution < -0.4 is 4.90 Å². The number of hydrogen-bond acceptors (Lipinski definition) is 1. The molecule has 0 bridgehead atoms. The van der Waals surface area contributed by atoms with E-state index in [2.05, 4.69) is 197 Å². The van der Waals surface area contributed by atoms with Crippen molar-refractivity contribution in [3.05, 3.63) is 174 Å². The highest BCUT2D eigenvalue weighted by Crippen LogP contribution is 2.55. The first-order chi connectivity index (χ1) is 23.2. The summed E-state index contributed by atoms with van der Waals surface area (Å²) < 4.78 is 0. The van der Waals surface area contributed by atoms with Gasteiger partial charge in [0, 0.05) is 21.9 Å². The van der Waals surface area contributed by atoms with E-state index in [0.29, 0.717) is 0 Å². The Balaban J connectivity index is 1.42. The molecule has 0 aliphatic heterocycles. The van der Waals surface area contributed by atoms with Crippen molar-refractivity contribution >= 4 is 27.8 Å². The second-order valence-corrected chi connectivity index (χ2v) is 14.6. The molecular formula is C47H41N. The molecule has 0 amide bonds. The van der Waals surface area contributed by atoms with Crippen molar-refractivity contribution in [3.8, 4) is 33.4 Å². The largest absolute Gasteiger partial charge is 0.309 e. The molecule has 1 aliphatic rings. The summed E-state index contributed by atoms with van der Waals surface area (Å²) in [6, 6.07) is 58.0. The lowest BCUT2D eigenvalue weighted by Gasteiger charge is -2.31. The zero-order chi connectivity index (χ0) is 33.0. The van der Waals surface area contributed by atoms with Crippen LogP contribution in [0.5, 0.6) is 0 Å². The third-order valence-corrected chi connectivity index (χ3v) is 10.2. The van der Waals surface area contributed by atoms with Crippen molar-refractivity contribution in [1.29, 1.82) is 0 Å². The molecule has 0 saturated heterocycles. The van der Waals surface area contributed by atoms with Crippen molar-refractivity contribution in [2.75, 3.05) is 4.90 Å². The van der Waals surface area contributed by atoms with Crippen LogP contribution in [0.2, 0.25) is 0 Å². The van der Waals surface area contributed by atoms with Crippen molar-refractivity contribution in [2.45, 2.75) is 45.4 Å². The third-order valence-electron chi connectivity index (χ3n) is 10.2. The van der Waals surface area contributed by atoms with Gasteiger partial charge in [-0.15, -0.1) is 0 Å². The van der Waals surface area contributed by atoms with Crippen molar-refractivity contribution in [1.82, 2.24) is 0 Å². The molecule has 48 heavy (non-hydrogen) atoms. The maximum absolute atomic E-state index is 2.49. The van der Waals surface area contributed by atoms with E-state index in [1.165, 1.54) is 60.8 Å². The minimum Gasteiger partial charge on any atom is -0.309 e. The molecule has 7 aromatic carbocycles. The summed E-state index contributed by atoms with van der Waals surface area (Å²) in [5.74, 6) is 0. The van der Waals surface area contributed by atoms with Crippen LogP contribution >= 0.6 is 0 Å². The van der Waals surface area contributed by atoms with Crippen LogP contribution in [0.1, 0.15) is 51.3 Å². The second kappa shape index (κ2) is 11.4. The number of fused-ring (bicyclic) bond motifs is 4. The van der Waals surface area contributed by atoms with Crippen LogP contribution in [0.15, 0.2) is 158 Å². The first kappa shape index (κ1) is 30.0. The molecule has 0 aromatic heterocycles. The Morgan fingerprint density at radius 2 is 1.04 bits per heavy atom. The molecule has 1 nitrogen and oxygen atoms in total. The SMILES string of the molecule is CC(C)(C)c1ccc2c(c1)C(C)(C)c1cccc(-c3ccccc3N(c3ccccc3-c3ccccc3)c3cccc4ccccc34)c1-2. The average molecular weight is 620 g/mol. The fourth-order valence-electron chi connectivity index (χ4n) is 7.70. The third kappa shape index (κ3) is 4.85. The maximum Gasteiger partial charge on any atom is 0.0540 e. The molecule has 234 valence electrons. The molecular weight excluding hydrogens is 579 g/mol. The molecule has 0 saturated carbocycles. The van der Waals surface area contributed by atoms with Gasteiger partial charge >= 0.3 is 0 Å². The van der Waals surface area contributed by atoms with Gasteiger partial charge in [-0.1, -0.05) is 174 Å². The van der Waals surface area contributed by atoms with E-state index in [1.54, 1.807) is 0 Å². The summed E-state index contributed by atoms with van der Waals surface area (Å²) in [6.45, 7) is 11.7. The number of nitrogens with zero attached hydrogens (tertiary/aromatic N) is 1. The summed E-state index contributed by atoms with van der Waals surface area (Å²) in [5.41, 5.74) is 15.2. The highest BCUT2D eigenvalue weighted by atomic mass is 15.1. The van der Waals surface area contributed by atoms with Gasteiger partial charge in [0.2, 0.25) is 0 Å². The zero-order valence-corrected chi connectivity index (χ0v) is 28.5. The van der Waals surface area contributed by atoms with Crippen molar-refractivity contribution in [3.63, 3.8) is 0 Å². The summed E-state index contributed by atoms with van der Waals surface area (Å²) in [4.78, 5) is 2.49. The molecule has 1 aliphatic carbocycles. The topological polar surface area (TPSA) is 3.24 Å². The van der Waals surface area contributed by atoms with Crippen molar-refractivity contribution in [2.24, 2.45) is 0 Å². The van der Waals surface area contributed by atoms with E-state index in [-0.39, 0.29) is 10.8 Å². The normalized spacial score (nSPS) is 13.3. The smallest absolute Gasteiger partial charge is 0.0540 e. The molecule has 0 fully saturated rings. The Bertz CT molecular complexity index is 2300. The van der Waals surface area contributed by atoms with Crippen LogP contribution in [-0.2, 0) is 10.8 Å². The highest BCUT2D eigenvalue weighted by molar-refractivity contribution is 6.05. The number of rotatable bonds is 5. The molecule has 0 heterocycles. The monoisotopic (exact) mass is 619 g/mol. The quantitative estimate of drug-likeness (QED) is 0.185. The Kier molecular flexibility index (Phi) is 7.11. The molecule has 1 heteroatoms. The molecule has 0 spiro atoms. The Morgan fingerprint density at radius 3 is 1.81 bits per heavy atom. The minimum absolute atomic E-state index is 0.0837. The number of para-hydroxylation sites is 2. The van der Waals surface area contributed by atoms with Crippen LogP contribution in [0, 0.1) is 0 Å². The fraction of sp³-hybridized carbons (Fsp3) is 0.149. The predicted molar refractivity (Wildman–Crippen MR) is 206 cm³/mol. The molecule has 7 aromatic rings. The van der Waals surface area contributed by atoms with E-state index < -0.39 is 0 Å². The molecule has 0 N–H and O–H groups in total. The van der Waals surface area contributed by atoms with Gasteiger partial charge in [-0.25, -0.2) is 0 Å². The van der Waals surface area contributed by atoms with Gasteiger partial charge in [0.05, 0.1) is 17.1 Å². The summed E-state index contributed by atoms with van der Waals surface area (Å²) in [7, 11) is 0. The van der Waals surface area contributed by atoms with Gasteiger partial charge in [0.25, 0.3) is 0 Å². The molecule has 0 radical (unpaired) electrons. The average Bonchev–Trinajstić information content (AvgIpc) is 3.35. The zero-order valence-electron chi connectivity index (χ0n) is 28.5. The highest BCUT2D eigenvalue weighted by Gasteiger charge is 2.38. The summed E-state index contributed by atoms with van der Waals surface area (Å²) in [5, 5.41) is 2.44. The number of hydrogen-bond donors (Lipinski definition) is 0. The predicted octanol–water partition coefficient (Wildman–Crippen LogP) is 13.2. The molecule has 0 unspecified atom stereocenters. The van der Waals surface area contributed by atoms with Gasteiger partial charge in [-0.2, -0.15) is 0 Å². The van der Waals surface area contributed by atoms with E-state index in [4.69, 9.17) is 0 Å². The van der Waals surface area contributed by atoms with Gasteiger partial charge in [-0.3, -0.25) is 0 Å². The van der Waals surface area contributed by atoms with Crippen LogP contribution in [0.4, 0.5) is 17.1 Å². The van der Waals surface area contributed by atoms with Gasteiger partial charge in [0.1, 0.15) is 0 Å². The van der Waals surface area contributed by atoms with Crippen LogP contribution in [-0.4, -0.2) is 0 Å². The first-order valence-electron chi connectivity index (χ1n) is 17.0. The van der Waals surface area contributed by atoms with E-state index >= 15 is 0 Å². The fourth-order valence-corrected chi connectivity index (χ4v) is 7.70. The summed E-state index contributed by atoms with van der Waals surface area (Å²) >= 11 is 0. The lowest BCUT2D eigenvalue weighted by atomic mass is 9.79. The van der Waals surface area contributed by atoms with Crippen molar-refractivity contribution < 1.29 is 0 Å². The van der Waals surface area contributed by atoms with E-state index in [9.17, 15) is 0 Å². The van der Waals surface area contributed by atoms with Crippen LogP contribution in [0.25, 0.3) is 44.2 Å². The number of benzene rings is 7.